The maximum Gasteiger partial charge on any atom is 0.223 e. The largest absolute Gasteiger partial charge is 0.344 e. The summed E-state index contributed by atoms with van der Waals surface area (Å²) in [6.07, 6.45) is 15.5. The van der Waals surface area contributed by atoms with Gasteiger partial charge in [-0.3, -0.25) is 4.79 Å². The molecular weight excluding hydrogens is 589 g/mol. The molecule has 0 spiro atoms. The first-order valence-electron chi connectivity index (χ1n) is 18.3. The van der Waals surface area contributed by atoms with Gasteiger partial charge in [0, 0.05) is 66.6 Å². The fraction of sp³-hybridized carbons (Fsp3) is 0.488. The highest BCUT2D eigenvalue weighted by Crippen LogP contribution is 2.48. The monoisotopic (exact) mass is 647 g/mol. The molecular formula is C43H59N4O+. The topological polar surface area (TPSA) is 29.8 Å². The van der Waals surface area contributed by atoms with Crippen molar-refractivity contribution in [3.63, 3.8) is 0 Å². The summed E-state index contributed by atoms with van der Waals surface area (Å²) in [6, 6.07) is 17.7. The first-order chi connectivity index (χ1) is 22.9. The van der Waals surface area contributed by atoms with Crippen molar-refractivity contribution in [3.05, 3.63) is 107 Å². The van der Waals surface area contributed by atoms with Gasteiger partial charge >= 0.3 is 0 Å². The number of nitrogens with zero attached hydrogens (tertiary/aromatic N) is 4. The lowest BCUT2D eigenvalue weighted by Gasteiger charge is -2.32. The van der Waals surface area contributed by atoms with Crippen LogP contribution >= 0.6 is 0 Å². The average Bonchev–Trinajstić information content (AvgIpc) is 3.40. The van der Waals surface area contributed by atoms with E-state index in [1.165, 1.54) is 45.1 Å². The molecule has 1 amide bonds. The summed E-state index contributed by atoms with van der Waals surface area (Å²) in [5.74, 6) is 0.116. The molecule has 48 heavy (non-hydrogen) atoms. The van der Waals surface area contributed by atoms with Crippen LogP contribution in [0, 0.1) is 0 Å². The molecule has 0 bridgehead atoms. The lowest BCUT2D eigenvalue weighted by Crippen LogP contribution is -2.33. The lowest BCUT2D eigenvalue weighted by atomic mass is 9.81. The van der Waals surface area contributed by atoms with Crippen LogP contribution in [0.4, 0.5) is 11.4 Å². The van der Waals surface area contributed by atoms with Crippen molar-refractivity contribution in [1.29, 1.82) is 0 Å². The Kier molecular flexibility index (Phi) is 11.0. The molecule has 0 atom stereocenters. The molecule has 2 heterocycles. The molecule has 5 nitrogen and oxygen atoms in total. The molecule has 0 radical (unpaired) electrons. The molecule has 0 N–H and O–H groups in total. The van der Waals surface area contributed by atoms with Crippen LogP contribution in [-0.2, 0) is 15.6 Å². The number of hydrogen-bond acceptors (Lipinski definition) is 3. The molecule has 2 aliphatic heterocycles. The van der Waals surface area contributed by atoms with Gasteiger partial charge in [0.2, 0.25) is 11.6 Å². The van der Waals surface area contributed by atoms with Crippen molar-refractivity contribution >= 4 is 23.0 Å². The summed E-state index contributed by atoms with van der Waals surface area (Å²) < 4.78 is 2.51. The molecule has 5 rings (SSSR count). The van der Waals surface area contributed by atoms with Gasteiger partial charge in [-0.25, -0.2) is 0 Å². The molecule has 0 saturated carbocycles. The molecule has 256 valence electrons. The number of hydrogen-bond donors (Lipinski definition) is 0. The Morgan fingerprint density at radius 3 is 2.27 bits per heavy atom. The van der Waals surface area contributed by atoms with E-state index >= 15 is 0 Å². The zero-order chi connectivity index (χ0) is 34.6. The fourth-order valence-corrected chi connectivity index (χ4v) is 8.13. The van der Waals surface area contributed by atoms with Crippen LogP contribution in [0.3, 0.4) is 0 Å². The normalized spacial score (nSPS) is 20.1. The zero-order valence-corrected chi connectivity index (χ0v) is 31.2. The van der Waals surface area contributed by atoms with E-state index in [-0.39, 0.29) is 16.7 Å². The van der Waals surface area contributed by atoms with Crippen LogP contribution in [0.1, 0.15) is 98.1 Å². The Labute approximate surface area is 291 Å². The summed E-state index contributed by atoms with van der Waals surface area (Å²) in [7, 11) is 4.21. The maximum atomic E-state index is 13.5. The van der Waals surface area contributed by atoms with Gasteiger partial charge in [-0.1, -0.05) is 76.2 Å². The molecule has 2 aromatic carbocycles. The second kappa shape index (κ2) is 14.8. The van der Waals surface area contributed by atoms with E-state index in [1.807, 2.05) is 0 Å². The smallest absolute Gasteiger partial charge is 0.223 e. The molecule has 0 unspecified atom stereocenters. The Morgan fingerprint density at radius 1 is 0.875 bits per heavy atom. The molecule has 2 aromatic rings. The number of anilines is 1. The summed E-state index contributed by atoms with van der Waals surface area (Å²) in [6.45, 7) is 19.3. The minimum Gasteiger partial charge on any atom is -0.344 e. The third kappa shape index (κ3) is 6.89. The third-order valence-electron chi connectivity index (χ3n) is 10.5. The number of rotatable bonds is 12. The van der Waals surface area contributed by atoms with Gasteiger partial charge in [0.05, 0.1) is 5.41 Å². The predicted molar refractivity (Wildman–Crippen MR) is 203 cm³/mol. The highest BCUT2D eigenvalue weighted by Gasteiger charge is 2.44. The highest BCUT2D eigenvalue weighted by molar-refractivity contribution is 6.03. The van der Waals surface area contributed by atoms with Gasteiger partial charge in [-0.2, -0.15) is 4.58 Å². The van der Waals surface area contributed by atoms with Gasteiger partial charge in [-0.15, -0.1) is 0 Å². The summed E-state index contributed by atoms with van der Waals surface area (Å²) in [5, 5.41) is 0. The van der Waals surface area contributed by atoms with Gasteiger partial charge in [0.15, 0.2) is 5.71 Å². The van der Waals surface area contributed by atoms with Gasteiger partial charge in [0.1, 0.15) is 6.54 Å². The van der Waals surface area contributed by atoms with Crippen LogP contribution in [0.25, 0.3) is 0 Å². The number of allylic oxidation sites excluding steroid dienone is 7. The Balaban J connectivity index is 1.64. The Hall–Kier alpha value is -3.70. The number of benzene rings is 2. The van der Waals surface area contributed by atoms with Crippen molar-refractivity contribution in [3.8, 4) is 0 Å². The summed E-state index contributed by atoms with van der Waals surface area (Å²) in [5.41, 5.74) is 11.5. The summed E-state index contributed by atoms with van der Waals surface area (Å²) >= 11 is 0. The van der Waals surface area contributed by atoms with Crippen LogP contribution < -0.4 is 4.90 Å². The summed E-state index contributed by atoms with van der Waals surface area (Å²) in [4.78, 5) is 20.3. The standard InChI is InChI=1S/C43H59N4O/c1-10-28-46-37-22-14-12-20-35(37)42(4,5)39(46)26-24-33-18-16-19-34(41(33)45(32(3)48)31-17-30-44(8)9)25-27-40-43(6,7)36-21-13-15-23-38(36)47(40)29-11-2/h12-15,20-27H,10-11,16-19,28-31H2,1-9H3/q+1. The Bertz CT molecular complexity index is 1660. The molecule has 0 saturated heterocycles. The van der Waals surface area contributed by atoms with Crippen molar-refractivity contribution < 1.29 is 9.37 Å². The van der Waals surface area contributed by atoms with Crippen molar-refractivity contribution in [2.45, 2.75) is 97.8 Å². The van der Waals surface area contributed by atoms with Gasteiger partial charge < -0.3 is 14.7 Å². The van der Waals surface area contributed by atoms with Gasteiger partial charge in [-0.05, 0) is 95.4 Å². The highest BCUT2D eigenvalue weighted by atomic mass is 16.2. The van der Waals surface area contributed by atoms with E-state index in [4.69, 9.17) is 0 Å². The quantitative estimate of drug-likeness (QED) is 0.215. The van der Waals surface area contributed by atoms with Crippen LogP contribution in [-0.4, -0.2) is 66.3 Å². The van der Waals surface area contributed by atoms with Crippen molar-refractivity contribution in [2.24, 2.45) is 0 Å². The molecule has 0 aromatic heterocycles. The Morgan fingerprint density at radius 2 is 1.58 bits per heavy atom. The maximum absolute atomic E-state index is 13.5. The average molecular weight is 648 g/mol. The molecule has 1 aliphatic carbocycles. The number of para-hydroxylation sites is 2. The van der Waals surface area contributed by atoms with Crippen LogP contribution in [0.15, 0.2) is 95.4 Å². The minimum atomic E-state index is -0.0987. The first-order valence-corrected chi connectivity index (χ1v) is 18.3. The van der Waals surface area contributed by atoms with Crippen molar-refractivity contribution in [1.82, 2.24) is 9.80 Å². The zero-order valence-electron chi connectivity index (χ0n) is 31.2. The van der Waals surface area contributed by atoms with Gasteiger partial charge in [0.25, 0.3) is 0 Å². The molecule has 5 heteroatoms. The van der Waals surface area contributed by atoms with E-state index in [1.54, 1.807) is 6.92 Å². The SMILES string of the molecule is CCCN1/C(=C/C=C2\CCCC(/C=C/C3=[N+](CCC)c4ccccc4C3(C)C)=C2N(CCCN(C)C)C(C)=O)C(C)(C)c2ccccc21. The van der Waals surface area contributed by atoms with Crippen LogP contribution in [0.5, 0.6) is 0 Å². The second-order valence-corrected chi connectivity index (χ2v) is 15.1. The molecule has 3 aliphatic rings. The predicted octanol–water partition coefficient (Wildman–Crippen LogP) is 9.29. The van der Waals surface area contributed by atoms with E-state index in [2.05, 4.69) is 148 Å². The fourth-order valence-electron chi connectivity index (χ4n) is 8.13. The lowest BCUT2D eigenvalue weighted by molar-refractivity contribution is -0.437. The third-order valence-corrected chi connectivity index (χ3v) is 10.5. The number of amides is 1. The van der Waals surface area contributed by atoms with E-state index in [9.17, 15) is 4.79 Å². The number of fused-ring (bicyclic) bond motifs is 2. The number of carbonyl (C=O) groups excluding carboxylic acids is 1. The number of carbonyl (C=O) groups is 1. The van der Waals surface area contributed by atoms with E-state index in [0.29, 0.717) is 6.54 Å². The minimum absolute atomic E-state index is 0.0987. The van der Waals surface area contributed by atoms with Crippen molar-refractivity contribution in [2.75, 3.05) is 45.2 Å². The van der Waals surface area contributed by atoms with E-state index in [0.717, 1.165) is 63.9 Å². The second-order valence-electron chi connectivity index (χ2n) is 15.1. The van der Waals surface area contributed by atoms with Crippen LogP contribution in [0.2, 0.25) is 0 Å². The van der Waals surface area contributed by atoms with E-state index < -0.39 is 0 Å². The molecule has 0 fully saturated rings. The first kappa shape index (κ1) is 35.6.